The van der Waals surface area contributed by atoms with Gasteiger partial charge in [0.2, 0.25) is 0 Å². The molecule has 3 aromatic rings. The highest BCUT2D eigenvalue weighted by Crippen LogP contribution is 2.23. The van der Waals surface area contributed by atoms with Crippen molar-refractivity contribution in [2.45, 2.75) is 12.8 Å². The van der Waals surface area contributed by atoms with E-state index >= 15 is 0 Å². The number of hydrogen-bond donors (Lipinski definition) is 0. The van der Waals surface area contributed by atoms with Crippen molar-refractivity contribution in [3.63, 3.8) is 0 Å². The van der Waals surface area contributed by atoms with Gasteiger partial charge in [0, 0.05) is 0 Å². The normalized spacial score (nSPS) is 10.3. The largest absolute Gasteiger partial charge is 0.494 e. The van der Waals surface area contributed by atoms with Crippen LogP contribution in [0, 0.1) is 5.82 Å². The van der Waals surface area contributed by atoms with E-state index in [4.69, 9.17) is 9.47 Å². The molecule has 0 spiro atoms. The van der Waals surface area contributed by atoms with Crippen molar-refractivity contribution in [3.05, 3.63) is 96.8 Å². The molecule has 3 rings (SSSR count). The lowest BCUT2D eigenvalue weighted by Crippen LogP contribution is -2.08. The van der Waals surface area contributed by atoms with E-state index in [0.29, 0.717) is 17.9 Å². The van der Waals surface area contributed by atoms with Gasteiger partial charge in [0.15, 0.2) is 0 Å². The smallest absolute Gasteiger partial charge is 0.343 e. The number of halogens is 1. The summed E-state index contributed by atoms with van der Waals surface area (Å²) in [6.07, 6.45) is 3.76. The number of allylic oxidation sites excluding steroid dienone is 1. The van der Waals surface area contributed by atoms with Crippen molar-refractivity contribution in [3.8, 4) is 22.6 Å². The molecule has 0 fully saturated rings. The Hall–Kier alpha value is -3.40. The van der Waals surface area contributed by atoms with E-state index in [2.05, 4.69) is 6.58 Å². The molecular weight excluding hydrogens is 355 g/mol. The summed E-state index contributed by atoms with van der Waals surface area (Å²) >= 11 is 0. The summed E-state index contributed by atoms with van der Waals surface area (Å²) in [5.74, 6) is 0.269. The van der Waals surface area contributed by atoms with Crippen molar-refractivity contribution in [2.24, 2.45) is 0 Å². The number of rotatable bonds is 8. The predicted octanol–water partition coefficient (Wildman–Crippen LogP) is 6.06. The number of carbonyl (C=O) groups is 1. The van der Waals surface area contributed by atoms with Gasteiger partial charge in [-0.05, 0) is 72.5 Å². The fourth-order valence-corrected chi connectivity index (χ4v) is 2.63. The molecule has 0 saturated heterocycles. The first kappa shape index (κ1) is 19.4. The third-order valence-electron chi connectivity index (χ3n) is 4.15. The van der Waals surface area contributed by atoms with Gasteiger partial charge in [0.25, 0.3) is 0 Å². The Kier molecular flexibility index (Phi) is 6.58. The van der Waals surface area contributed by atoms with Crippen molar-refractivity contribution >= 4 is 5.97 Å². The molecule has 0 radical (unpaired) electrons. The summed E-state index contributed by atoms with van der Waals surface area (Å²) in [6, 6.07) is 20.3. The van der Waals surface area contributed by atoms with Crippen LogP contribution < -0.4 is 9.47 Å². The molecule has 0 saturated carbocycles. The maximum atomic E-state index is 12.9. The lowest BCUT2D eigenvalue weighted by Gasteiger charge is -2.08. The lowest BCUT2D eigenvalue weighted by atomic mass is 10.0. The zero-order valence-electron chi connectivity index (χ0n) is 15.4. The highest BCUT2D eigenvalue weighted by Gasteiger charge is 2.09. The number of hydrogen-bond acceptors (Lipinski definition) is 3. The van der Waals surface area contributed by atoms with E-state index in [0.717, 1.165) is 29.7 Å². The molecule has 0 aliphatic carbocycles. The van der Waals surface area contributed by atoms with E-state index in [1.165, 1.54) is 24.3 Å². The van der Waals surface area contributed by atoms with Gasteiger partial charge in [-0.25, -0.2) is 9.18 Å². The Morgan fingerprint density at radius 1 is 0.857 bits per heavy atom. The molecule has 0 heterocycles. The Morgan fingerprint density at radius 2 is 1.43 bits per heavy atom. The van der Waals surface area contributed by atoms with Gasteiger partial charge in [-0.1, -0.05) is 30.3 Å². The molecule has 0 N–H and O–H groups in total. The minimum Gasteiger partial charge on any atom is -0.494 e. The van der Waals surface area contributed by atoms with Crippen molar-refractivity contribution in [1.82, 2.24) is 0 Å². The summed E-state index contributed by atoms with van der Waals surface area (Å²) in [5.41, 5.74) is 2.43. The first-order chi connectivity index (χ1) is 13.7. The summed E-state index contributed by atoms with van der Waals surface area (Å²) in [4.78, 5) is 12.2. The average Bonchev–Trinajstić information content (AvgIpc) is 2.73. The maximum absolute atomic E-state index is 12.9. The van der Waals surface area contributed by atoms with Crippen LogP contribution in [0.25, 0.3) is 11.1 Å². The first-order valence-electron chi connectivity index (χ1n) is 9.07. The lowest BCUT2D eigenvalue weighted by molar-refractivity contribution is 0.0734. The standard InChI is InChI=1S/C24H21FO3/c1-2-3-4-17-27-22-13-9-19(10-14-22)18-5-7-20(8-6-18)24(26)28-23-15-11-21(25)12-16-23/h2,5-16H,1,3-4,17H2. The molecular formula is C24H21FO3. The van der Waals surface area contributed by atoms with E-state index < -0.39 is 5.97 Å². The minimum atomic E-state index is -0.485. The molecule has 0 unspecified atom stereocenters. The van der Waals surface area contributed by atoms with Gasteiger partial charge in [-0.3, -0.25) is 0 Å². The van der Waals surface area contributed by atoms with Gasteiger partial charge >= 0.3 is 5.97 Å². The van der Waals surface area contributed by atoms with E-state index in [9.17, 15) is 9.18 Å². The first-order valence-corrected chi connectivity index (χ1v) is 9.07. The van der Waals surface area contributed by atoms with Gasteiger partial charge in [-0.2, -0.15) is 0 Å². The predicted molar refractivity (Wildman–Crippen MR) is 108 cm³/mol. The van der Waals surface area contributed by atoms with Crippen molar-refractivity contribution in [2.75, 3.05) is 6.61 Å². The number of benzene rings is 3. The molecule has 0 amide bonds. The molecule has 0 bridgehead atoms. The molecule has 3 nitrogen and oxygen atoms in total. The summed E-state index contributed by atoms with van der Waals surface area (Å²) < 4.78 is 23.8. The van der Waals surface area contributed by atoms with Crippen LogP contribution in [-0.4, -0.2) is 12.6 Å². The van der Waals surface area contributed by atoms with Crippen LogP contribution in [0.15, 0.2) is 85.5 Å². The SMILES string of the molecule is C=CCCCOc1ccc(-c2ccc(C(=O)Oc3ccc(F)cc3)cc2)cc1. The molecule has 0 aliphatic rings. The van der Waals surface area contributed by atoms with Crippen LogP contribution in [0.4, 0.5) is 4.39 Å². The Morgan fingerprint density at radius 3 is 2.04 bits per heavy atom. The number of unbranched alkanes of at least 4 members (excludes halogenated alkanes) is 1. The third kappa shape index (κ3) is 5.30. The molecule has 142 valence electrons. The Bertz CT molecular complexity index is 914. The van der Waals surface area contributed by atoms with Gasteiger partial charge in [0.05, 0.1) is 12.2 Å². The fraction of sp³-hybridized carbons (Fsp3) is 0.125. The highest BCUT2D eigenvalue weighted by molar-refractivity contribution is 5.91. The summed E-state index contributed by atoms with van der Waals surface area (Å²) in [6.45, 7) is 4.36. The minimum absolute atomic E-state index is 0.305. The summed E-state index contributed by atoms with van der Waals surface area (Å²) in [7, 11) is 0. The van der Waals surface area contributed by atoms with Gasteiger partial charge < -0.3 is 9.47 Å². The van der Waals surface area contributed by atoms with Crippen LogP contribution >= 0.6 is 0 Å². The van der Waals surface area contributed by atoms with Crippen molar-refractivity contribution < 1.29 is 18.7 Å². The van der Waals surface area contributed by atoms with E-state index in [-0.39, 0.29) is 5.82 Å². The number of carbonyl (C=O) groups excluding carboxylic acids is 1. The van der Waals surface area contributed by atoms with Gasteiger partial charge in [0.1, 0.15) is 17.3 Å². The van der Waals surface area contributed by atoms with Crippen LogP contribution in [0.1, 0.15) is 23.2 Å². The molecule has 4 heteroatoms. The quantitative estimate of drug-likeness (QED) is 0.208. The third-order valence-corrected chi connectivity index (χ3v) is 4.15. The fourth-order valence-electron chi connectivity index (χ4n) is 2.63. The second-order valence-electron chi connectivity index (χ2n) is 6.22. The monoisotopic (exact) mass is 376 g/mol. The molecule has 28 heavy (non-hydrogen) atoms. The Labute approximate surface area is 164 Å². The molecule has 0 aromatic heterocycles. The second kappa shape index (κ2) is 9.51. The van der Waals surface area contributed by atoms with E-state index in [1.54, 1.807) is 12.1 Å². The topological polar surface area (TPSA) is 35.5 Å². The highest BCUT2D eigenvalue weighted by atomic mass is 19.1. The molecule has 0 atom stereocenters. The van der Waals surface area contributed by atoms with E-state index in [1.807, 2.05) is 42.5 Å². The number of ether oxygens (including phenoxy) is 2. The second-order valence-corrected chi connectivity index (χ2v) is 6.22. The van der Waals surface area contributed by atoms with Crippen LogP contribution in [0.3, 0.4) is 0 Å². The van der Waals surface area contributed by atoms with Crippen LogP contribution in [0.2, 0.25) is 0 Å². The molecule has 0 aliphatic heterocycles. The maximum Gasteiger partial charge on any atom is 0.343 e. The van der Waals surface area contributed by atoms with Crippen molar-refractivity contribution in [1.29, 1.82) is 0 Å². The number of esters is 1. The molecule has 3 aromatic carbocycles. The zero-order chi connectivity index (χ0) is 19.8. The zero-order valence-corrected chi connectivity index (χ0v) is 15.4. The van der Waals surface area contributed by atoms with Gasteiger partial charge in [-0.15, -0.1) is 6.58 Å². The summed E-state index contributed by atoms with van der Waals surface area (Å²) in [5, 5.41) is 0. The average molecular weight is 376 g/mol. The van der Waals surface area contributed by atoms with Crippen LogP contribution in [0.5, 0.6) is 11.5 Å². The Balaban J connectivity index is 1.61. The van der Waals surface area contributed by atoms with Crippen LogP contribution in [-0.2, 0) is 0 Å².